The molecule has 0 radical (unpaired) electrons. The average molecular weight is 393 g/mol. The van der Waals surface area contributed by atoms with Gasteiger partial charge in [0.05, 0.1) is 12.0 Å². The van der Waals surface area contributed by atoms with E-state index in [2.05, 4.69) is 24.3 Å². The molecule has 2 saturated heterocycles. The van der Waals surface area contributed by atoms with E-state index in [0.29, 0.717) is 26.2 Å². The van der Waals surface area contributed by atoms with Crippen molar-refractivity contribution in [3.8, 4) is 11.1 Å². The second kappa shape index (κ2) is 6.88. The van der Waals surface area contributed by atoms with E-state index in [4.69, 9.17) is 9.47 Å². The maximum Gasteiger partial charge on any atom is 0.409 e. The van der Waals surface area contributed by atoms with Crippen molar-refractivity contribution in [2.45, 2.75) is 12.3 Å². The number of aliphatic carboxylic acids is 1. The highest BCUT2D eigenvalue weighted by Crippen LogP contribution is 2.45. The second-order valence-corrected chi connectivity index (χ2v) is 8.17. The smallest absolute Gasteiger partial charge is 0.409 e. The van der Waals surface area contributed by atoms with Crippen LogP contribution in [0.15, 0.2) is 48.5 Å². The van der Waals surface area contributed by atoms with Crippen molar-refractivity contribution in [1.82, 2.24) is 4.90 Å². The van der Waals surface area contributed by atoms with Gasteiger partial charge in [-0.15, -0.1) is 0 Å². The summed E-state index contributed by atoms with van der Waals surface area (Å²) >= 11 is 0. The minimum Gasteiger partial charge on any atom is -0.481 e. The fourth-order valence-corrected chi connectivity index (χ4v) is 5.12. The van der Waals surface area contributed by atoms with Crippen molar-refractivity contribution in [1.29, 1.82) is 0 Å². The third-order valence-corrected chi connectivity index (χ3v) is 6.73. The zero-order valence-corrected chi connectivity index (χ0v) is 16.0. The zero-order chi connectivity index (χ0) is 20.0. The van der Waals surface area contributed by atoms with E-state index in [-0.39, 0.29) is 25.0 Å². The van der Waals surface area contributed by atoms with Crippen molar-refractivity contribution in [3.05, 3.63) is 59.7 Å². The highest BCUT2D eigenvalue weighted by atomic mass is 16.6. The first-order valence-corrected chi connectivity index (χ1v) is 10.0. The summed E-state index contributed by atoms with van der Waals surface area (Å²) in [5.74, 6) is -1.04. The number of carboxylic acids is 1. The Labute approximate surface area is 169 Å². The summed E-state index contributed by atoms with van der Waals surface area (Å²) in [6.45, 7) is 1.58. The summed E-state index contributed by atoms with van der Waals surface area (Å²) < 4.78 is 11.2. The molecule has 1 aliphatic carbocycles. The molecular weight excluding hydrogens is 370 g/mol. The third kappa shape index (κ3) is 2.82. The van der Waals surface area contributed by atoms with Gasteiger partial charge in [-0.1, -0.05) is 48.5 Å². The first kappa shape index (κ1) is 18.2. The van der Waals surface area contributed by atoms with Gasteiger partial charge in [0.1, 0.15) is 6.61 Å². The molecule has 0 bridgehead atoms. The predicted octanol–water partition coefficient (Wildman–Crippen LogP) is 3.36. The van der Waals surface area contributed by atoms with Crippen LogP contribution in [0.1, 0.15) is 23.5 Å². The molecule has 2 atom stereocenters. The number of hydrogen-bond acceptors (Lipinski definition) is 4. The van der Waals surface area contributed by atoms with Crippen LogP contribution >= 0.6 is 0 Å². The van der Waals surface area contributed by atoms with Gasteiger partial charge >= 0.3 is 12.1 Å². The first-order chi connectivity index (χ1) is 14.1. The van der Waals surface area contributed by atoms with E-state index >= 15 is 0 Å². The second-order valence-electron chi connectivity index (χ2n) is 8.17. The molecule has 6 heteroatoms. The van der Waals surface area contributed by atoms with Crippen LogP contribution in [0.3, 0.4) is 0 Å². The number of likely N-dealkylation sites (tertiary alicyclic amines) is 1. The molecule has 3 aliphatic rings. The predicted molar refractivity (Wildman–Crippen MR) is 106 cm³/mol. The Morgan fingerprint density at radius 3 is 2.38 bits per heavy atom. The van der Waals surface area contributed by atoms with Gasteiger partial charge in [0, 0.05) is 31.5 Å². The van der Waals surface area contributed by atoms with Gasteiger partial charge < -0.3 is 19.5 Å². The van der Waals surface area contributed by atoms with Crippen LogP contribution in [0.4, 0.5) is 4.79 Å². The molecule has 0 saturated carbocycles. The van der Waals surface area contributed by atoms with Crippen molar-refractivity contribution < 1.29 is 24.2 Å². The number of nitrogens with zero attached hydrogens (tertiary/aromatic N) is 1. The molecule has 1 amide bonds. The molecule has 0 spiro atoms. The number of carbonyl (C=O) groups is 2. The standard InChI is InChI=1S/C23H23NO5/c25-21(26)23-9-10-28-12-15(23)11-24(14-23)22(27)29-13-20-18-7-3-1-5-16(18)17-6-2-4-8-19(17)20/h1-8,15,20H,9-14H2,(H,25,26)/t15-,23+/m1/s1. The number of hydrogen-bond donors (Lipinski definition) is 1. The molecule has 150 valence electrons. The lowest BCUT2D eigenvalue weighted by Gasteiger charge is -2.33. The van der Waals surface area contributed by atoms with Gasteiger partial charge in [-0.05, 0) is 28.7 Å². The normalized spacial score (nSPS) is 25.2. The number of rotatable bonds is 3. The molecule has 1 N–H and O–H groups in total. The van der Waals surface area contributed by atoms with Crippen LogP contribution in [0.5, 0.6) is 0 Å². The number of amides is 1. The SMILES string of the molecule is O=C(OCC1c2ccccc2-c2ccccc21)N1C[C@@H]2COCC[C@]2(C(=O)O)C1. The lowest BCUT2D eigenvalue weighted by Crippen LogP contribution is -2.45. The Morgan fingerprint density at radius 2 is 1.76 bits per heavy atom. The lowest BCUT2D eigenvalue weighted by molar-refractivity contribution is -0.157. The number of ether oxygens (including phenoxy) is 2. The highest BCUT2D eigenvalue weighted by molar-refractivity contribution is 5.80. The summed E-state index contributed by atoms with van der Waals surface area (Å²) in [4.78, 5) is 26.3. The fraction of sp³-hybridized carbons (Fsp3) is 0.391. The first-order valence-electron chi connectivity index (χ1n) is 10.0. The van der Waals surface area contributed by atoms with E-state index in [1.165, 1.54) is 11.1 Å². The molecule has 29 heavy (non-hydrogen) atoms. The largest absolute Gasteiger partial charge is 0.481 e. The van der Waals surface area contributed by atoms with Crippen LogP contribution in [0, 0.1) is 11.3 Å². The molecule has 2 aromatic carbocycles. The van der Waals surface area contributed by atoms with E-state index in [9.17, 15) is 14.7 Å². The average Bonchev–Trinajstić information content (AvgIpc) is 3.30. The van der Waals surface area contributed by atoms with E-state index in [1.807, 2.05) is 24.3 Å². The molecule has 2 fully saturated rings. The van der Waals surface area contributed by atoms with Crippen molar-refractivity contribution in [2.75, 3.05) is 32.9 Å². The van der Waals surface area contributed by atoms with Gasteiger partial charge in [-0.3, -0.25) is 4.79 Å². The summed E-state index contributed by atoms with van der Waals surface area (Å²) in [5, 5.41) is 9.79. The summed E-state index contributed by atoms with van der Waals surface area (Å²) in [7, 11) is 0. The summed E-state index contributed by atoms with van der Waals surface area (Å²) in [6.07, 6.45) is -0.0120. The Kier molecular flexibility index (Phi) is 4.32. The Hall–Kier alpha value is -2.86. The van der Waals surface area contributed by atoms with Crippen molar-refractivity contribution in [3.63, 3.8) is 0 Å². The zero-order valence-electron chi connectivity index (χ0n) is 16.0. The van der Waals surface area contributed by atoms with Crippen LogP contribution in [0.2, 0.25) is 0 Å². The quantitative estimate of drug-likeness (QED) is 0.865. The molecule has 0 aromatic heterocycles. The molecule has 6 nitrogen and oxygen atoms in total. The topological polar surface area (TPSA) is 76.1 Å². The highest BCUT2D eigenvalue weighted by Gasteiger charge is 2.55. The van der Waals surface area contributed by atoms with Gasteiger partial charge in [0.15, 0.2) is 0 Å². The van der Waals surface area contributed by atoms with Crippen LogP contribution < -0.4 is 0 Å². The third-order valence-electron chi connectivity index (χ3n) is 6.73. The minimum absolute atomic E-state index is 0.00648. The minimum atomic E-state index is -0.913. The summed E-state index contributed by atoms with van der Waals surface area (Å²) in [6, 6.07) is 16.4. The number of carbonyl (C=O) groups excluding carboxylic acids is 1. The van der Waals surface area contributed by atoms with Gasteiger partial charge in [-0.25, -0.2) is 4.79 Å². The van der Waals surface area contributed by atoms with E-state index in [0.717, 1.165) is 11.1 Å². The van der Waals surface area contributed by atoms with Crippen LogP contribution in [-0.2, 0) is 14.3 Å². The maximum absolute atomic E-state index is 12.8. The Balaban J connectivity index is 1.32. The number of benzene rings is 2. The molecular formula is C23H23NO5. The summed E-state index contributed by atoms with van der Waals surface area (Å²) in [5.41, 5.74) is 3.76. The Morgan fingerprint density at radius 1 is 1.10 bits per heavy atom. The van der Waals surface area contributed by atoms with Crippen molar-refractivity contribution in [2.24, 2.45) is 11.3 Å². The van der Waals surface area contributed by atoms with Gasteiger partial charge in [0.25, 0.3) is 0 Å². The molecule has 2 aliphatic heterocycles. The van der Waals surface area contributed by atoms with E-state index < -0.39 is 17.5 Å². The molecule has 2 heterocycles. The molecule has 5 rings (SSSR count). The van der Waals surface area contributed by atoms with Crippen LogP contribution in [0.25, 0.3) is 11.1 Å². The number of fused-ring (bicyclic) bond motifs is 4. The fourth-order valence-electron chi connectivity index (χ4n) is 5.12. The molecule has 0 unspecified atom stereocenters. The van der Waals surface area contributed by atoms with Crippen LogP contribution in [-0.4, -0.2) is 55.0 Å². The van der Waals surface area contributed by atoms with Gasteiger partial charge in [0.2, 0.25) is 0 Å². The number of carboxylic acid groups (broad SMARTS) is 1. The monoisotopic (exact) mass is 393 g/mol. The van der Waals surface area contributed by atoms with E-state index in [1.54, 1.807) is 4.90 Å². The van der Waals surface area contributed by atoms with Gasteiger partial charge in [-0.2, -0.15) is 0 Å². The molecule has 2 aromatic rings. The lowest BCUT2D eigenvalue weighted by atomic mass is 9.74. The van der Waals surface area contributed by atoms with Crippen molar-refractivity contribution >= 4 is 12.1 Å². The Bertz CT molecular complexity index is 928. The maximum atomic E-state index is 12.8.